The summed E-state index contributed by atoms with van der Waals surface area (Å²) in [5, 5.41) is 0. The van der Waals surface area contributed by atoms with Gasteiger partial charge in [0.05, 0.1) is 6.61 Å². The Morgan fingerprint density at radius 2 is 0.708 bits per heavy atom. The van der Waals surface area contributed by atoms with Crippen LogP contribution in [-0.2, 0) is 6.42 Å². The topological polar surface area (TPSA) is 21.7 Å². The van der Waals surface area contributed by atoms with Gasteiger partial charge >= 0.3 is 0 Å². The van der Waals surface area contributed by atoms with Crippen molar-refractivity contribution in [3.63, 3.8) is 0 Å². The minimum atomic E-state index is 0.739. The highest BCUT2D eigenvalue weighted by atomic mass is 16.5. The number of aryl methyl sites for hydroxylation is 1. The van der Waals surface area contributed by atoms with Crippen LogP contribution >= 0.6 is 0 Å². The van der Waals surface area contributed by atoms with Crippen LogP contribution in [0.25, 0.3) is 0 Å². The van der Waals surface area contributed by atoms with Crippen LogP contribution in [-0.4, -0.2) is 37.7 Å². The Balaban J connectivity index is 2.23. The zero-order chi connectivity index (χ0) is 34.6. The lowest BCUT2D eigenvalue weighted by Gasteiger charge is -2.18. The third kappa shape index (κ3) is 28.6. The summed E-state index contributed by atoms with van der Waals surface area (Å²) < 4.78 is 12.6. The molecule has 0 aliphatic carbocycles. The molecular formula is C45H85NO2. The van der Waals surface area contributed by atoms with Crippen molar-refractivity contribution in [1.82, 2.24) is 4.90 Å². The van der Waals surface area contributed by atoms with E-state index in [-0.39, 0.29) is 0 Å². The molecule has 1 aromatic carbocycles. The predicted molar refractivity (Wildman–Crippen MR) is 214 cm³/mol. The Kier molecular flexibility index (Phi) is 33.2. The third-order valence-corrected chi connectivity index (χ3v) is 10.3. The smallest absolute Gasteiger partial charge is 0.123 e. The molecule has 1 aromatic rings. The lowest BCUT2D eigenvalue weighted by atomic mass is 10.0. The van der Waals surface area contributed by atoms with Crippen LogP contribution in [0, 0.1) is 0 Å². The molecule has 0 spiro atoms. The number of benzene rings is 1. The van der Waals surface area contributed by atoms with Crippen molar-refractivity contribution < 1.29 is 9.47 Å². The second-order valence-corrected chi connectivity index (χ2v) is 14.8. The first-order valence-electron chi connectivity index (χ1n) is 21.8. The Morgan fingerprint density at radius 1 is 0.375 bits per heavy atom. The minimum Gasteiger partial charge on any atom is -0.493 e. The molecular weight excluding hydrogens is 587 g/mol. The fourth-order valence-electron chi connectivity index (χ4n) is 6.96. The summed E-state index contributed by atoms with van der Waals surface area (Å²) in [5.74, 6) is 1.98. The van der Waals surface area contributed by atoms with Crippen LogP contribution in [0.2, 0.25) is 0 Å². The van der Waals surface area contributed by atoms with E-state index in [2.05, 4.69) is 50.8 Å². The molecule has 0 radical (unpaired) electrons. The molecule has 0 bridgehead atoms. The number of rotatable bonds is 38. The van der Waals surface area contributed by atoms with Crippen molar-refractivity contribution in [2.75, 3.05) is 32.8 Å². The van der Waals surface area contributed by atoms with E-state index in [1.54, 1.807) is 0 Å². The number of hydrogen-bond acceptors (Lipinski definition) is 3. The molecule has 0 saturated heterocycles. The SMILES string of the molecule is CCCCCCCCCCCCCCCCCCOc1cc(CCCCCCCCCCCCCCC)cc(OCCN(CC)CC)c1. The third-order valence-electron chi connectivity index (χ3n) is 10.3. The van der Waals surface area contributed by atoms with Gasteiger partial charge in [-0.25, -0.2) is 0 Å². The quantitative estimate of drug-likeness (QED) is 0.0653. The van der Waals surface area contributed by atoms with Gasteiger partial charge in [0.25, 0.3) is 0 Å². The van der Waals surface area contributed by atoms with Crippen molar-refractivity contribution in [2.45, 2.75) is 220 Å². The summed E-state index contributed by atoms with van der Waals surface area (Å²) in [6.07, 6.45) is 41.7. The van der Waals surface area contributed by atoms with Crippen LogP contribution in [0.15, 0.2) is 18.2 Å². The normalized spacial score (nSPS) is 11.5. The fraction of sp³-hybridized carbons (Fsp3) is 0.867. The summed E-state index contributed by atoms with van der Waals surface area (Å²) in [6, 6.07) is 6.68. The van der Waals surface area contributed by atoms with E-state index < -0.39 is 0 Å². The van der Waals surface area contributed by atoms with E-state index in [4.69, 9.17) is 9.47 Å². The average Bonchev–Trinajstić information content (AvgIpc) is 3.10. The van der Waals surface area contributed by atoms with Crippen molar-refractivity contribution in [2.24, 2.45) is 0 Å². The highest BCUT2D eigenvalue weighted by Gasteiger charge is 2.06. The maximum absolute atomic E-state index is 6.30. The van der Waals surface area contributed by atoms with Crippen molar-refractivity contribution in [1.29, 1.82) is 0 Å². The number of hydrogen-bond donors (Lipinski definition) is 0. The van der Waals surface area contributed by atoms with Gasteiger partial charge in [-0.3, -0.25) is 0 Å². The minimum absolute atomic E-state index is 0.739. The molecule has 1 rings (SSSR count). The van der Waals surface area contributed by atoms with E-state index in [9.17, 15) is 0 Å². The molecule has 0 N–H and O–H groups in total. The highest BCUT2D eigenvalue weighted by molar-refractivity contribution is 5.38. The molecule has 0 heterocycles. The van der Waals surface area contributed by atoms with Gasteiger partial charge in [0, 0.05) is 12.6 Å². The second-order valence-electron chi connectivity index (χ2n) is 14.8. The maximum atomic E-state index is 6.30. The van der Waals surface area contributed by atoms with Crippen LogP contribution in [0.4, 0.5) is 0 Å². The summed E-state index contributed by atoms with van der Waals surface area (Å²) in [4.78, 5) is 2.42. The molecule has 0 unspecified atom stereocenters. The first kappa shape index (κ1) is 44.8. The lowest BCUT2D eigenvalue weighted by molar-refractivity contribution is 0.221. The van der Waals surface area contributed by atoms with Crippen LogP contribution in [0.3, 0.4) is 0 Å². The molecule has 0 amide bonds. The standard InChI is InChI=1S/C45H85NO2/c1-5-9-11-13-15-17-19-21-22-23-25-27-29-31-33-35-38-47-44-40-43(41-45(42-44)48-39-37-46(7-3)8-4)36-34-32-30-28-26-24-20-18-16-14-12-10-6-2/h40-42H,5-39H2,1-4H3. The van der Waals surface area contributed by atoms with Gasteiger partial charge in [0.15, 0.2) is 0 Å². The lowest BCUT2D eigenvalue weighted by Crippen LogP contribution is -2.27. The average molecular weight is 672 g/mol. The molecule has 0 fully saturated rings. The van der Waals surface area contributed by atoms with Crippen molar-refractivity contribution >= 4 is 0 Å². The highest BCUT2D eigenvalue weighted by Crippen LogP contribution is 2.25. The summed E-state index contributed by atoms with van der Waals surface area (Å²) >= 11 is 0. The van der Waals surface area contributed by atoms with Crippen LogP contribution in [0.1, 0.15) is 219 Å². The van der Waals surface area contributed by atoms with Gasteiger partial charge in [-0.2, -0.15) is 0 Å². The first-order chi connectivity index (χ1) is 23.7. The first-order valence-corrected chi connectivity index (χ1v) is 21.8. The Labute approximate surface area is 302 Å². The van der Waals surface area contributed by atoms with E-state index in [1.165, 1.54) is 185 Å². The van der Waals surface area contributed by atoms with E-state index in [1.807, 2.05) is 0 Å². The Bertz CT molecular complexity index is 776. The van der Waals surface area contributed by atoms with Crippen LogP contribution in [0.5, 0.6) is 11.5 Å². The number of ether oxygens (including phenoxy) is 2. The number of unbranched alkanes of at least 4 members (excludes halogenated alkanes) is 27. The molecule has 3 nitrogen and oxygen atoms in total. The van der Waals surface area contributed by atoms with Gasteiger partial charge in [-0.15, -0.1) is 0 Å². The van der Waals surface area contributed by atoms with Gasteiger partial charge < -0.3 is 14.4 Å². The van der Waals surface area contributed by atoms with E-state index in [0.29, 0.717) is 0 Å². The Hall–Kier alpha value is -1.22. The Morgan fingerprint density at radius 3 is 1.08 bits per heavy atom. The fourth-order valence-corrected chi connectivity index (χ4v) is 6.96. The predicted octanol–water partition coefficient (Wildman–Crippen LogP) is 14.7. The molecule has 282 valence electrons. The monoisotopic (exact) mass is 672 g/mol. The number of nitrogens with zero attached hydrogens (tertiary/aromatic N) is 1. The molecule has 0 aliphatic heterocycles. The van der Waals surface area contributed by atoms with Crippen molar-refractivity contribution in [3.8, 4) is 11.5 Å². The zero-order valence-electron chi connectivity index (χ0n) is 33.2. The van der Waals surface area contributed by atoms with Gasteiger partial charge in [0.2, 0.25) is 0 Å². The van der Waals surface area contributed by atoms with Gasteiger partial charge in [0.1, 0.15) is 18.1 Å². The summed E-state index contributed by atoms with van der Waals surface area (Å²) in [5.41, 5.74) is 1.38. The number of likely N-dealkylation sites (N-methyl/N-ethyl adjacent to an activating group) is 1. The molecule has 0 saturated carbocycles. The summed E-state index contributed by atoms with van der Waals surface area (Å²) in [6.45, 7) is 13.7. The molecule has 0 aromatic heterocycles. The summed E-state index contributed by atoms with van der Waals surface area (Å²) in [7, 11) is 0. The maximum Gasteiger partial charge on any atom is 0.123 e. The van der Waals surface area contributed by atoms with Gasteiger partial charge in [-0.05, 0) is 50.0 Å². The van der Waals surface area contributed by atoms with Gasteiger partial charge in [-0.1, -0.05) is 201 Å². The molecule has 3 heteroatoms. The van der Waals surface area contributed by atoms with Crippen molar-refractivity contribution in [3.05, 3.63) is 23.8 Å². The molecule has 0 atom stereocenters. The van der Waals surface area contributed by atoms with E-state index >= 15 is 0 Å². The second kappa shape index (κ2) is 35.6. The zero-order valence-corrected chi connectivity index (χ0v) is 33.2. The molecule has 48 heavy (non-hydrogen) atoms. The molecule has 0 aliphatic rings. The van der Waals surface area contributed by atoms with Crippen LogP contribution < -0.4 is 9.47 Å². The van der Waals surface area contributed by atoms with E-state index in [0.717, 1.165) is 57.2 Å². The largest absolute Gasteiger partial charge is 0.493 e.